The van der Waals surface area contributed by atoms with Gasteiger partial charge in [-0.15, -0.1) is 0 Å². The first-order valence-electron chi connectivity index (χ1n) is 4.34. The standard InChI is InChI=1S/C9H12N2O3/c1-7(12)10-4-5-11-6-8(13)2-3-9(11)14/h2-3H,4-6H2,1H3,(H,10,12). The summed E-state index contributed by atoms with van der Waals surface area (Å²) in [6.45, 7) is 2.26. The number of ketones is 1. The van der Waals surface area contributed by atoms with Gasteiger partial charge in [0.15, 0.2) is 5.78 Å². The molecular weight excluding hydrogens is 184 g/mol. The average Bonchev–Trinajstić information content (AvgIpc) is 2.10. The van der Waals surface area contributed by atoms with Crippen LogP contribution in [0.3, 0.4) is 0 Å². The number of nitrogens with one attached hydrogen (secondary N) is 1. The zero-order valence-electron chi connectivity index (χ0n) is 7.95. The Labute approximate surface area is 81.8 Å². The van der Waals surface area contributed by atoms with Gasteiger partial charge in [0.1, 0.15) is 0 Å². The second-order valence-corrected chi connectivity index (χ2v) is 3.04. The summed E-state index contributed by atoms with van der Waals surface area (Å²) in [6, 6.07) is 0. The lowest BCUT2D eigenvalue weighted by Gasteiger charge is -2.22. The SMILES string of the molecule is CC(=O)NCCN1CC(=O)C=CC1=O. The fourth-order valence-electron chi connectivity index (χ4n) is 1.14. The lowest BCUT2D eigenvalue weighted by Crippen LogP contribution is -2.41. The summed E-state index contributed by atoms with van der Waals surface area (Å²) < 4.78 is 0. The Balaban J connectivity index is 2.37. The zero-order chi connectivity index (χ0) is 10.6. The number of hydrogen-bond acceptors (Lipinski definition) is 3. The predicted octanol–water partition coefficient (Wildman–Crippen LogP) is -0.910. The van der Waals surface area contributed by atoms with Crippen molar-refractivity contribution in [1.82, 2.24) is 10.2 Å². The molecule has 0 spiro atoms. The van der Waals surface area contributed by atoms with Crippen LogP contribution in [0.15, 0.2) is 12.2 Å². The van der Waals surface area contributed by atoms with Crippen LogP contribution in [0, 0.1) is 0 Å². The third-order valence-corrected chi connectivity index (χ3v) is 1.83. The van der Waals surface area contributed by atoms with Crippen molar-refractivity contribution in [1.29, 1.82) is 0 Å². The Morgan fingerprint density at radius 3 is 2.86 bits per heavy atom. The van der Waals surface area contributed by atoms with Crippen LogP contribution in [0.25, 0.3) is 0 Å². The van der Waals surface area contributed by atoms with Gasteiger partial charge in [-0.1, -0.05) is 0 Å². The van der Waals surface area contributed by atoms with Crippen molar-refractivity contribution in [2.75, 3.05) is 19.6 Å². The van der Waals surface area contributed by atoms with Crippen molar-refractivity contribution in [2.24, 2.45) is 0 Å². The molecule has 0 saturated heterocycles. The quantitative estimate of drug-likeness (QED) is 0.635. The van der Waals surface area contributed by atoms with Gasteiger partial charge in [0.05, 0.1) is 6.54 Å². The van der Waals surface area contributed by atoms with E-state index in [4.69, 9.17) is 0 Å². The van der Waals surface area contributed by atoms with E-state index < -0.39 is 0 Å². The smallest absolute Gasteiger partial charge is 0.247 e. The summed E-state index contributed by atoms with van der Waals surface area (Å²) in [6.07, 6.45) is 2.52. The lowest BCUT2D eigenvalue weighted by atomic mass is 10.2. The molecule has 0 atom stereocenters. The van der Waals surface area contributed by atoms with Gasteiger partial charge in [-0.25, -0.2) is 0 Å². The van der Waals surface area contributed by atoms with Crippen molar-refractivity contribution in [3.8, 4) is 0 Å². The Bertz CT molecular complexity index is 296. The molecule has 14 heavy (non-hydrogen) atoms. The molecule has 5 heteroatoms. The zero-order valence-corrected chi connectivity index (χ0v) is 7.95. The molecule has 0 aromatic rings. The van der Waals surface area contributed by atoms with Crippen LogP contribution < -0.4 is 5.32 Å². The highest BCUT2D eigenvalue weighted by Gasteiger charge is 2.17. The number of hydrogen-bond donors (Lipinski definition) is 1. The summed E-state index contributed by atoms with van der Waals surface area (Å²) in [5.41, 5.74) is 0. The van der Waals surface area contributed by atoms with Gasteiger partial charge in [0, 0.05) is 26.1 Å². The summed E-state index contributed by atoms with van der Waals surface area (Å²) in [4.78, 5) is 34.1. The second kappa shape index (κ2) is 4.55. The molecule has 0 bridgehead atoms. The summed E-state index contributed by atoms with van der Waals surface area (Å²) in [5, 5.41) is 2.56. The summed E-state index contributed by atoms with van der Waals surface area (Å²) in [5.74, 6) is -0.418. The maximum Gasteiger partial charge on any atom is 0.247 e. The average molecular weight is 196 g/mol. The minimum absolute atomic E-state index is 0.0903. The first-order valence-corrected chi connectivity index (χ1v) is 4.34. The largest absolute Gasteiger partial charge is 0.355 e. The molecule has 0 aromatic heterocycles. The van der Waals surface area contributed by atoms with E-state index in [1.807, 2.05) is 0 Å². The van der Waals surface area contributed by atoms with E-state index >= 15 is 0 Å². The molecule has 0 saturated carbocycles. The number of carbonyl (C=O) groups excluding carboxylic acids is 3. The van der Waals surface area contributed by atoms with Gasteiger partial charge < -0.3 is 10.2 Å². The molecule has 5 nitrogen and oxygen atoms in total. The van der Waals surface area contributed by atoms with Crippen molar-refractivity contribution < 1.29 is 14.4 Å². The Kier molecular flexibility index (Phi) is 3.39. The molecule has 1 heterocycles. The fraction of sp³-hybridized carbons (Fsp3) is 0.444. The van der Waals surface area contributed by atoms with Crippen molar-refractivity contribution in [3.05, 3.63) is 12.2 Å². The molecule has 0 radical (unpaired) electrons. The summed E-state index contributed by atoms with van der Waals surface area (Å²) in [7, 11) is 0. The molecule has 0 unspecified atom stereocenters. The minimum Gasteiger partial charge on any atom is -0.355 e. The van der Waals surface area contributed by atoms with Crippen LogP contribution in [-0.2, 0) is 14.4 Å². The molecular formula is C9H12N2O3. The molecule has 0 aromatic carbocycles. The van der Waals surface area contributed by atoms with Crippen LogP contribution in [0.4, 0.5) is 0 Å². The molecule has 0 aliphatic carbocycles. The van der Waals surface area contributed by atoms with Gasteiger partial charge in [0.2, 0.25) is 11.8 Å². The van der Waals surface area contributed by atoms with E-state index in [-0.39, 0.29) is 24.1 Å². The fourth-order valence-corrected chi connectivity index (χ4v) is 1.14. The van der Waals surface area contributed by atoms with E-state index in [0.29, 0.717) is 13.1 Å². The van der Waals surface area contributed by atoms with E-state index in [9.17, 15) is 14.4 Å². The highest BCUT2D eigenvalue weighted by molar-refractivity contribution is 6.04. The minimum atomic E-state index is -0.185. The maximum atomic E-state index is 11.2. The highest BCUT2D eigenvalue weighted by Crippen LogP contribution is 1.98. The first-order chi connectivity index (χ1) is 6.59. The van der Waals surface area contributed by atoms with Crippen molar-refractivity contribution in [3.63, 3.8) is 0 Å². The van der Waals surface area contributed by atoms with E-state index in [1.165, 1.54) is 24.0 Å². The number of nitrogens with zero attached hydrogens (tertiary/aromatic N) is 1. The van der Waals surface area contributed by atoms with Gasteiger partial charge in [-0.2, -0.15) is 0 Å². The topological polar surface area (TPSA) is 66.5 Å². The first kappa shape index (κ1) is 10.4. The summed E-state index contributed by atoms with van der Waals surface area (Å²) >= 11 is 0. The molecule has 1 aliphatic rings. The van der Waals surface area contributed by atoms with Gasteiger partial charge in [0.25, 0.3) is 0 Å². The number of amides is 2. The maximum absolute atomic E-state index is 11.2. The van der Waals surface area contributed by atoms with Crippen LogP contribution in [0.2, 0.25) is 0 Å². The predicted molar refractivity (Wildman–Crippen MR) is 49.4 cm³/mol. The molecule has 1 rings (SSSR count). The van der Waals surface area contributed by atoms with E-state index in [1.54, 1.807) is 0 Å². The van der Waals surface area contributed by atoms with E-state index in [2.05, 4.69) is 5.32 Å². The molecule has 1 N–H and O–H groups in total. The molecule has 76 valence electrons. The number of carbonyl (C=O) groups is 3. The second-order valence-electron chi connectivity index (χ2n) is 3.04. The van der Waals surface area contributed by atoms with Crippen LogP contribution in [-0.4, -0.2) is 42.1 Å². The van der Waals surface area contributed by atoms with Gasteiger partial charge in [-0.3, -0.25) is 14.4 Å². The van der Waals surface area contributed by atoms with Gasteiger partial charge in [-0.05, 0) is 6.08 Å². The van der Waals surface area contributed by atoms with Crippen LogP contribution in [0.5, 0.6) is 0 Å². The Morgan fingerprint density at radius 1 is 1.50 bits per heavy atom. The van der Waals surface area contributed by atoms with Gasteiger partial charge >= 0.3 is 0 Å². The molecule has 2 amide bonds. The highest BCUT2D eigenvalue weighted by atomic mass is 16.2. The molecule has 0 fully saturated rings. The Hall–Kier alpha value is -1.65. The lowest BCUT2D eigenvalue weighted by molar-refractivity contribution is -0.131. The van der Waals surface area contributed by atoms with E-state index in [0.717, 1.165) is 0 Å². The van der Waals surface area contributed by atoms with Crippen molar-refractivity contribution in [2.45, 2.75) is 6.92 Å². The van der Waals surface area contributed by atoms with Crippen LogP contribution in [0.1, 0.15) is 6.92 Å². The monoisotopic (exact) mass is 196 g/mol. The third kappa shape index (κ3) is 3.01. The van der Waals surface area contributed by atoms with Crippen molar-refractivity contribution >= 4 is 17.6 Å². The third-order valence-electron chi connectivity index (χ3n) is 1.83. The Morgan fingerprint density at radius 2 is 2.21 bits per heavy atom. The molecule has 1 aliphatic heterocycles. The van der Waals surface area contributed by atoms with Crippen LogP contribution >= 0.6 is 0 Å². The number of rotatable bonds is 3. The normalized spacial score (nSPS) is 15.9.